The van der Waals surface area contributed by atoms with Crippen LogP contribution in [0, 0.1) is 0 Å². The number of benzene rings is 8. The number of anilines is 1. The van der Waals surface area contributed by atoms with Crippen LogP contribution < -0.4 is 4.90 Å². The Morgan fingerprint density at radius 1 is 0.393 bits per heavy atom. The van der Waals surface area contributed by atoms with Gasteiger partial charge in [0.25, 0.3) is 11.8 Å². The van der Waals surface area contributed by atoms with Gasteiger partial charge in [0.15, 0.2) is 5.78 Å². The van der Waals surface area contributed by atoms with E-state index in [9.17, 15) is 9.59 Å². The Morgan fingerprint density at radius 2 is 0.946 bits per heavy atom. The second-order valence-electron chi connectivity index (χ2n) is 13.9. The Kier molecular flexibility index (Phi) is 7.86. The zero-order valence-corrected chi connectivity index (χ0v) is 30.1. The average molecular weight is 721 g/mol. The molecule has 1 aliphatic heterocycles. The van der Waals surface area contributed by atoms with E-state index in [1.807, 2.05) is 168 Å². The lowest BCUT2D eigenvalue weighted by Gasteiger charge is -2.24. The third kappa shape index (κ3) is 5.29. The molecular weight excluding hydrogens is 689 g/mol. The number of amides is 2. The number of para-hydroxylation sites is 1. The Hall–Kier alpha value is -7.63. The van der Waals surface area contributed by atoms with Gasteiger partial charge >= 0.3 is 0 Å². The van der Waals surface area contributed by atoms with E-state index >= 15 is 4.79 Å². The molecule has 5 heteroatoms. The number of carbonyl (C=O) groups excluding carboxylic acids is 3. The highest BCUT2D eigenvalue weighted by Gasteiger charge is 2.41. The topological polar surface area (TPSA) is 59.4 Å². The number of hydrogen-bond donors (Lipinski definition) is 0. The highest BCUT2D eigenvalue weighted by Crippen LogP contribution is 2.47. The fourth-order valence-electron chi connectivity index (χ4n) is 8.14. The quantitative estimate of drug-likeness (QED) is 0.122. The van der Waals surface area contributed by atoms with E-state index in [0.29, 0.717) is 33.6 Å². The van der Waals surface area contributed by atoms with Gasteiger partial charge in [-0.15, -0.1) is 0 Å². The molecule has 0 fully saturated rings. The zero-order valence-electron chi connectivity index (χ0n) is 30.1. The summed E-state index contributed by atoms with van der Waals surface area (Å²) in [5.74, 6) is -0.850. The summed E-state index contributed by atoms with van der Waals surface area (Å²) in [6, 6.07) is 62.6. The van der Waals surface area contributed by atoms with Crippen molar-refractivity contribution < 1.29 is 14.4 Å². The predicted octanol–water partition coefficient (Wildman–Crippen LogP) is 11.8. The summed E-state index contributed by atoms with van der Waals surface area (Å²) in [5, 5.41) is 1.81. The fourth-order valence-corrected chi connectivity index (χ4v) is 8.14. The minimum absolute atomic E-state index is 0.0666. The van der Waals surface area contributed by atoms with Crippen LogP contribution in [0.1, 0.15) is 36.6 Å². The van der Waals surface area contributed by atoms with Crippen molar-refractivity contribution in [2.24, 2.45) is 0 Å². The molecule has 8 aromatic carbocycles. The van der Waals surface area contributed by atoms with Gasteiger partial charge in [-0.2, -0.15) is 0 Å². The van der Waals surface area contributed by atoms with Crippen molar-refractivity contribution in [1.29, 1.82) is 0 Å². The van der Waals surface area contributed by atoms with Crippen molar-refractivity contribution in [3.63, 3.8) is 0 Å². The maximum absolute atomic E-state index is 15.3. The highest BCUT2D eigenvalue weighted by molar-refractivity contribution is 6.37. The molecule has 0 saturated heterocycles. The smallest absolute Gasteiger partial charge is 0.268 e. The van der Waals surface area contributed by atoms with Crippen molar-refractivity contribution in [3.8, 4) is 39.1 Å². The number of ketones is 1. The maximum Gasteiger partial charge on any atom is 0.268 e. The van der Waals surface area contributed by atoms with Crippen LogP contribution in [0.5, 0.6) is 0 Å². The van der Waals surface area contributed by atoms with Crippen LogP contribution in [-0.2, 0) is 0 Å². The molecule has 0 unspecified atom stereocenters. The monoisotopic (exact) mass is 720 g/mol. The lowest BCUT2D eigenvalue weighted by Crippen LogP contribution is -2.30. The van der Waals surface area contributed by atoms with Crippen LogP contribution in [-0.4, -0.2) is 22.2 Å². The van der Waals surface area contributed by atoms with Gasteiger partial charge < -0.3 is 4.57 Å². The molecule has 0 N–H and O–H groups in total. The number of aromatic nitrogens is 1. The average Bonchev–Trinajstić information content (AvgIpc) is 3.73. The van der Waals surface area contributed by atoms with Gasteiger partial charge in [0.2, 0.25) is 0 Å². The van der Waals surface area contributed by atoms with Crippen LogP contribution in [0.3, 0.4) is 0 Å². The van der Waals surface area contributed by atoms with Gasteiger partial charge in [-0.25, -0.2) is 4.90 Å². The van der Waals surface area contributed by atoms with Crippen molar-refractivity contribution in [3.05, 3.63) is 216 Å². The largest absolute Gasteiger partial charge is 0.308 e. The first-order valence-corrected chi connectivity index (χ1v) is 18.6. The lowest BCUT2D eigenvalue weighted by atomic mass is 9.90. The molecule has 0 radical (unpaired) electrons. The van der Waals surface area contributed by atoms with Gasteiger partial charge in [0, 0.05) is 33.0 Å². The Labute approximate surface area is 323 Å². The molecule has 1 aliphatic rings. The third-order valence-corrected chi connectivity index (χ3v) is 10.7. The number of rotatable bonds is 7. The highest BCUT2D eigenvalue weighted by atomic mass is 16.2. The zero-order chi connectivity index (χ0) is 37.8. The summed E-state index contributed by atoms with van der Waals surface area (Å²) in [4.78, 5) is 45.1. The number of nitrogens with zero attached hydrogens (tertiary/aromatic N) is 2. The van der Waals surface area contributed by atoms with Gasteiger partial charge in [-0.3, -0.25) is 14.4 Å². The third-order valence-electron chi connectivity index (χ3n) is 10.7. The second-order valence-corrected chi connectivity index (χ2v) is 13.9. The normalized spacial score (nSPS) is 12.4. The Morgan fingerprint density at radius 3 is 1.59 bits per heavy atom. The molecule has 5 nitrogen and oxygen atoms in total. The van der Waals surface area contributed by atoms with Crippen LogP contribution in [0.4, 0.5) is 5.69 Å². The minimum Gasteiger partial charge on any atom is -0.308 e. The first kappa shape index (κ1) is 33.0. The van der Waals surface area contributed by atoms with Crippen LogP contribution in [0.2, 0.25) is 0 Å². The van der Waals surface area contributed by atoms with E-state index in [1.165, 1.54) is 4.90 Å². The van der Waals surface area contributed by atoms with Gasteiger partial charge in [-0.1, -0.05) is 146 Å². The van der Waals surface area contributed by atoms with E-state index in [0.717, 1.165) is 55.2 Å². The molecule has 56 heavy (non-hydrogen) atoms. The molecule has 0 saturated carbocycles. The second kappa shape index (κ2) is 13.3. The van der Waals surface area contributed by atoms with Crippen molar-refractivity contribution in [1.82, 2.24) is 4.57 Å². The lowest BCUT2D eigenvalue weighted by molar-refractivity contribution is 0.0925. The van der Waals surface area contributed by atoms with E-state index in [-0.39, 0.29) is 11.7 Å². The summed E-state index contributed by atoms with van der Waals surface area (Å²) in [7, 11) is 0. The van der Waals surface area contributed by atoms with Gasteiger partial charge in [0.05, 0.1) is 33.5 Å². The van der Waals surface area contributed by atoms with Gasteiger partial charge in [-0.05, 0) is 70.8 Å². The fraction of sp³-hybridized carbons (Fsp3) is 0. The summed E-state index contributed by atoms with van der Waals surface area (Å²) < 4.78 is 2.05. The van der Waals surface area contributed by atoms with Crippen LogP contribution >= 0.6 is 0 Å². The van der Waals surface area contributed by atoms with Crippen molar-refractivity contribution >= 4 is 45.1 Å². The number of hydrogen-bond acceptors (Lipinski definition) is 3. The van der Waals surface area contributed by atoms with E-state index in [2.05, 4.69) is 24.3 Å². The molecule has 10 rings (SSSR count). The Balaban J connectivity index is 1.19. The first-order chi connectivity index (χ1) is 27.6. The number of fused-ring (bicyclic) bond motifs is 4. The molecule has 9 aromatic rings. The predicted molar refractivity (Wildman–Crippen MR) is 225 cm³/mol. The van der Waals surface area contributed by atoms with Crippen molar-refractivity contribution in [2.75, 3.05) is 4.90 Å². The van der Waals surface area contributed by atoms with Gasteiger partial charge in [0.1, 0.15) is 0 Å². The van der Waals surface area contributed by atoms with Crippen LogP contribution in [0.15, 0.2) is 194 Å². The van der Waals surface area contributed by atoms with Crippen LogP contribution in [0.25, 0.3) is 60.9 Å². The van der Waals surface area contributed by atoms with E-state index < -0.39 is 5.91 Å². The minimum atomic E-state index is -0.399. The van der Waals surface area contributed by atoms with Crippen molar-refractivity contribution in [2.45, 2.75) is 0 Å². The first-order valence-electron chi connectivity index (χ1n) is 18.6. The maximum atomic E-state index is 15.3. The van der Waals surface area contributed by atoms with E-state index in [4.69, 9.17) is 0 Å². The summed E-state index contributed by atoms with van der Waals surface area (Å²) >= 11 is 0. The van der Waals surface area contributed by atoms with E-state index in [1.54, 1.807) is 6.07 Å². The summed E-state index contributed by atoms with van der Waals surface area (Å²) in [6.07, 6.45) is 0. The summed E-state index contributed by atoms with van der Waals surface area (Å²) in [6.45, 7) is 0. The molecule has 0 atom stereocenters. The standard InChI is InChI=1S/C51H32N2O3/c54-49(36-22-11-4-12-23-36)37-28-29-45-43(30-37)39-24-13-14-26-44(39)52(45)46-27-15-25-40-47(46)51(56)53(50(40)55)48-41(34-18-7-2-8-19-34)31-38(33-16-5-1-6-17-33)32-42(48)35-20-9-3-10-21-35/h1-32H. The number of carbonyl (C=O) groups is 3. The summed E-state index contributed by atoms with van der Waals surface area (Å²) in [5.41, 5.74) is 9.98. The molecular formula is C51H32N2O3. The molecule has 2 heterocycles. The molecule has 1 aromatic heterocycles. The molecule has 264 valence electrons. The molecule has 2 amide bonds. The molecule has 0 bridgehead atoms. The molecule has 0 spiro atoms. The Bertz CT molecular complexity index is 2950. The number of imide groups is 1. The SMILES string of the molecule is O=C(c1ccccc1)c1ccc2c(c1)c1ccccc1n2-c1cccc2c1C(=O)N(c1c(-c3ccccc3)cc(-c3ccccc3)cc1-c1ccccc1)C2=O. The molecule has 0 aliphatic carbocycles.